The molecular weight excluding hydrogens is 310 g/mol. The van der Waals surface area contributed by atoms with Crippen molar-refractivity contribution in [1.29, 1.82) is 0 Å². The Bertz CT molecular complexity index is 699. The highest BCUT2D eigenvalue weighted by Gasteiger charge is 2.30. The lowest BCUT2D eigenvalue weighted by Gasteiger charge is -2.32. The summed E-state index contributed by atoms with van der Waals surface area (Å²) in [6.45, 7) is 2.61. The number of amides is 2. The lowest BCUT2D eigenvalue weighted by molar-refractivity contribution is -0.128. The Morgan fingerprint density at radius 3 is 2.87 bits per heavy atom. The third kappa shape index (κ3) is 3.76. The Labute approximate surface area is 139 Å². The number of piperidine rings is 1. The lowest BCUT2D eigenvalue weighted by atomic mass is 10.0. The van der Waals surface area contributed by atoms with E-state index in [4.69, 9.17) is 0 Å². The summed E-state index contributed by atoms with van der Waals surface area (Å²) in [4.78, 5) is 30.8. The number of benzene rings is 1. The molecule has 0 bridgehead atoms. The zero-order valence-electron chi connectivity index (χ0n) is 13.0. The number of hydrogen-bond acceptors (Lipinski definition) is 4. The van der Waals surface area contributed by atoms with Crippen molar-refractivity contribution in [3.05, 3.63) is 46.4 Å². The van der Waals surface area contributed by atoms with Gasteiger partial charge >= 0.3 is 0 Å². The van der Waals surface area contributed by atoms with Gasteiger partial charge in [0.05, 0.1) is 17.1 Å². The third-order valence-electron chi connectivity index (χ3n) is 3.85. The van der Waals surface area contributed by atoms with Crippen molar-refractivity contribution in [3.63, 3.8) is 0 Å². The fraction of sp³-hybridized carbons (Fsp3) is 0.353. The smallest absolute Gasteiger partial charge is 0.249 e. The van der Waals surface area contributed by atoms with Gasteiger partial charge in [-0.1, -0.05) is 18.2 Å². The SMILES string of the molecule is Cc1nc(CC(=O)N[C@H]2CCCN(c3ccccc3)C2=O)cs1. The van der Waals surface area contributed by atoms with Gasteiger partial charge < -0.3 is 10.2 Å². The second-order valence-electron chi connectivity index (χ2n) is 5.62. The molecule has 3 rings (SSSR count). The molecule has 6 heteroatoms. The van der Waals surface area contributed by atoms with Crippen LogP contribution in [0.1, 0.15) is 23.5 Å². The van der Waals surface area contributed by atoms with Crippen LogP contribution < -0.4 is 10.2 Å². The summed E-state index contributed by atoms with van der Waals surface area (Å²) < 4.78 is 0. The number of aryl methyl sites for hydroxylation is 1. The molecule has 0 aliphatic carbocycles. The van der Waals surface area contributed by atoms with Crippen molar-refractivity contribution in [3.8, 4) is 0 Å². The van der Waals surface area contributed by atoms with Crippen LogP contribution in [0.2, 0.25) is 0 Å². The molecule has 2 amide bonds. The van der Waals surface area contributed by atoms with Crippen LogP contribution >= 0.6 is 11.3 Å². The van der Waals surface area contributed by atoms with E-state index in [1.807, 2.05) is 42.6 Å². The zero-order chi connectivity index (χ0) is 16.2. The first kappa shape index (κ1) is 15.7. The Balaban J connectivity index is 1.63. The lowest BCUT2D eigenvalue weighted by Crippen LogP contribution is -2.52. The number of carbonyl (C=O) groups is 2. The number of aromatic nitrogens is 1. The van der Waals surface area contributed by atoms with E-state index in [0.717, 1.165) is 22.8 Å². The molecule has 1 aliphatic rings. The predicted molar refractivity (Wildman–Crippen MR) is 90.5 cm³/mol. The first-order valence-electron chi connectivity index (χ1n) is 7.70. The van der Waals surface area contributed by atoms with Gasteiger partial charge in [-0.15, -0.1) is 11.3 Å². The molecule has 1 aliphatic heterocycles. The highest BCUT2D eigenvalue weighted by atomic mass is 32.1. The van der Waals surface area contributed by atoms with Gasteiger partial charge in [0.15, 0.2) is 0 Å². The molecule has 120 valence electrons. The quantitative estimate of drug-likeness (QED) is 0.936. The van der Waals surface area contributed by atoms with Crippen LogP contribution in [0.5, 0.6) is 0 Å². The first-order valence-corrected chi connectivity index (χ1v) is 8.58. The van der Waals surface area contributed by atoms with Crippen LogP contribution in [0, 0.1) is 6.92 Å². The van der Waals surface area contributed by atoms with Gasteiger partial charge in [-0.3, -0.25) is 9.59 Å². The molecule has 23 heavy (non-hydrogen) atoms. The van der Waals surface area contributed by atoms with E-state index in [1.54, 1.807) is 4.90 Å². The Morgan fingerprint density at radius 1 is 1.39 bits per heavy atom. The molecule has 0 unspecified atom stereocenters. The highest BCUT2D eigenvalue weighted by molar-refractivity contribution is 7.09. The second kappa shape index (κ2) is 6.91. The topological polar surface area (TPSA) is 62.3 Å². The first-order chi connectivity index (χ1) is 11.1. The highest BCUT2D eigenvalue weighted by Crippen LogP contribution is 2.20. The molecule has 1 atom stereocenters. The minimum absolute atomic E-state index is 0.0368. The predicted octanol–water partition coefficient (Wildman–Crippen LogP) is 2.31. The van der Waals surface area contributed by atoms with Crippen molar-refractivity contribution < 1.29 is 9.59 Å². The van der Waals surface area contributed by atoms with E-state index in [1.165, 1.54) is 11.3 Å². The maximum Gasteiger partial charge on any atom is 0.249 e. The van der Waals surface area contributed by atoms with Gasteiger partial charge in [-0.05, 0) is 31.9 Å². The summed E-state index contributed by atoms with van der Waals surface area (Å²) in [6, 6.07) is 9.13. The molecule has 0 radical (unpaired) electrons. The van der Waals surface area contributed by atoms with Crippen molar-refractivity contribution in [2.45, 2.75) is 32.2 Å². The van der Waals surface area contributed by atoms with Gasteiger partial charge in [0, 0.05) is 17.6 Å². The Kier molecular flexibility index (Phi) is 4.71. The van der Waals surface area contributed by atoms with Crippen molar-refractivity contribution in [2.24, 2.45) is 0 Å². The third-order valence-corrected chi connectivity index (χ3v) is 4.67. The van der Waals surface area contributed by atoms with E-state index >= 15 is 0 Å². The summed E-state index contributed by atoms with van der Waals surface area (Å²) >= 11 is 1.52. The van der Waals surface area contributed by atoms with Crippen LogP contribution in [0.3, 0.4) is 0 Å². The standard InChI is InChI=1S/C17H19N3O2S/c1-12-18-13(11-23-12)10-16(21)19-15-8-5-9-20(17(15)22)14-6-3-2-4-7-14/h2-4,6-7,11,15H,5,8-10H2,1H3,(H,19,21)/t15-/m0/s1. The molecule has 1 aromatic carbocycles. The Hall–Kier alpha value is -2.21. The average Bonchev–Trinajstić information content (AvgIpc) is 2.95. The molecule has 2 aromatic rings. The van der Waals surface area contributed by atoms with Crippen LogP contribution in [-0.2, 0) is 16.0 Å². The molecule has 5 nitrogen and oxygen atoms in total. The number of para-hydroxylation sites is 1. The number of nitrogens with one attached hydrogen (secondary N) is 1. The summed E-state index contributed by atoms with van der Waals surface area (Å²) in [5, 5.41) is 5.68. The average molecular weight is 329 g/mol. The molecule has 2 heterocycles. The van der Waals surface area contributed by atoms with Crippen molar-refractivity contribution in [2.75, 3.05) is 11.4 Å². The van der Waals surface area contributed by atoms with Crippen molar-refractivity contribution >= 4 is 28.8 Å². The summed E-state index contributed by atoms with van der Waals surface area (Å²) in [7, 11) is 0. The largest absolute Gasteiger partial charge is 0.344 e. The summed E-state index contributed by atoms with van der Waals surface area (Å²) in [5.41, 5.74) is 1.64. The van der Waals surface area contributed by atoms with Gasteiger partial charge in [0.1, 0.15) is 6.04 Å². The number of nitrogens with zero attached hydrogens (tertiary/aromatic N) is 2. The monoisotopic (exact) mass is 329 g/mol. The molecule has 1 fully saturated rings. The number of rotatable bonds is 4. The second-order valence-corrected chi connectivity index (χ2v) is 6.68. The van der Waals surface area contributed by atoms with Crippen molar-refractivity contribution in [1.82, 2.24) is 10.3 Å². The number of thiazole rings is 1. The van der Waals surface area contributed by atoms with Gasteiger partial charge in [0.25, 0.3) is 0 Å². The maximum atomic E-state index is 12.6. The number of anilines is 1. The minimum atomic E-state index is -0.448. The Morgan fingerprint density at radius 2 is 2.17 bits per heavy atom. The van der Waals surface area contributed by atoms with E-state index in [-0.39, 0.29) is 18.2 Å². The summed E-state index contributed by atoms with van der Waals surface area (Å²) in [5.74, 6) is -0.186. The van der Waals surface area contributed by atoms with Crippen LogP contribution in [0.25, 0.3) is 0 Å². The van der Waals surface area contributed by atoms with Crippen LogP contribution in [0.4, 0.5) is 5.69 Å². The number of hydrogen-bond donors (Lipinski definition) is 1. The van der Waals surface area contributed by atoms with Crippen LogP contribution in [-0.4, -0.2) is 29.4 Å². The molecule has 1 aromatic heterocycles. The minimum Gasteiger partial charge on any atom is -0.344 e. The van der Waals surface area contributed by atoms with Gasteiger partial charge in [-0.2, -0.15) is 0 Å². The fourth-order valence-electron chi connectivity index (χ4n) is 2.77. The van der Waals surface area contributed by atoms with E-state index in [9.17, 15) is 9.59 Å². The zero-order valence-corrected chi connectivity index (χ0v) is 13.8. The van der Waals surface area contributed by atoms with Crippen LogP contribution in [0.15, 0.2) is 35.7 Å². The number of carbonyl (C=O) groups excluding carboxylic acids is 2. The molecule has 0 spiro atoms. The maximum absolute atomic E-state index is 12.6. The normalized spacial score (nSPS) is 18.0. The van der Waals surface area contributed by atoms with E-state index < -0.39 is 6.04 Å². The van der Waals surface area contributed by atoms with E-state index in [2.05, 4.69) is 10.3 Å². The summed E-state index contributed by atoms with van der Waals surface area (Å²) in [6.07, 6.45) is 1.78. The molecule has 1 N–H and O–H groups in total. The van der Waals surface area contributed by atoms with E-state index in [0.29, 0.717) is 13.0 Å². The van der Waals surface area contributed by atoms with Gasteiger partial charge in [-0.25, -0.2) is 4.98 Å². The molecule has 0 saturated carbocycles. The molecular formula is C17H19N3O2S. The van der Waals surface area contributed by atoms with Gasteiger partial charge in [0.2, 0.25) is 11.8 Å². The fourth-order valence-corrected chi connectivity index (χ4v) is 3.39. The molecule has 1 saturated heterocycles.